The maximum Gasteiger partial charge on any atom is 0.221 e. The maximum atomic E-state index is 6.19. The van der Waals surface area contributed by atoms with Crippen LogP contribution in [0.4, 0.5) is 11.8 Å². The number of anilines is 2. The minimum absolute atomic E-state index is 0.301. The summed E-state index contributed by atoms with van der Waals surface area (Å²) in [6.07, 6.45) is 5.73. The van der Waals surface area contributed by atoms with Crippen LogP contribution in [0.2, 0.25) is 5.02 Å². The highest BCUT2D eigenvalue weighted by Crippen LogP contribution is 2.20. The zero-order chi connectivity index (χ0) is 15.1. The van der Waals surface area contributed by atoms with Crippen LogP contribution in [0.3, 0.4) is 0 Å². The molecule has 112 valence electrons. The van der Waals surface area contributed by atoms with E-state index in [9.17, 15) is 0 Å². The second-order valence-corrected chi connectivity index (χ2v) is 5.38. The number of hydrogen-bond acceptors (Lipinski definition) is 4. The van der Waals surface area contributed by atoms with E-state index in [-0.39, 0.29) is 0 Å². The van der Waals surface area contributed by atoms with E-state index in [4.69, 9.17) is 17.3 Å². The van der Waals surface area contributed by atoms with Gasteiger partial charge in [0.25, 0.3) is 0 Å². The molecule has 21 heavy (non-hydrogen) atoms. The number of aromatic nitrogens is 2. The predicted molar refractivity (Wildman–Crippen MR) is 88.7 cm³/mol. The van der Waals surface area contributed by atoms with Gasteiger partial charge >= 0.3 is 0 Å². The SMILES string of the molecule is CCCCNc1nc(N)ncc1CCc1ccccc1Cl. The number of nitrogens with two attached hydrogens (primary N) is 1. The van der Waals surface area contributed by atoms with Gasteiger partial charge in [-0.25, -0.2) is 4.98 Å². The van der Waals surface area contributed by atoms with Gasteiger partial charge in [-0.15, -0.1) is 0 Å². The number of nitrogens with zero attached hydrogens (tertiary/aromatic N) is 2. The molecule has 0 saturated carbocycles. The monoisotopic (exact) mass is 304 g/mol. The molecule has 0 atom stereocenters. The molecule has 0 bridgehead atoms. The molecule has 1 aromatic heterocycles. The Morgan fingerprint density at radius 1 is 1.19 bits per heavy atom. The molecule has 2 rings (SSSR count). The van der Waals surface area contributed by atoms with Gasteiger partial charge in [0, 0.05) is 23.3 Å². The number of rotatable bonds is 7. The Labute approximate surface area is 130 Å². The Kier molecular flexibility index (Phi) is 5.81. The molecule has 0 aliphatic rings. The Balaban J connectivity index is 2.06. The Hall–Kier alpha value is -1.81. The minimum Gasteiger partial charge on any atom is -0.370 e. The van der Waals surface area contributed by atoms with Crippen molar-refractivity contribution in [3.8, 4) is 0 Å². The molecule has 0 aliphatic carbocycles. The van der Waals surface area contributed by atoms with Crippen molar-refractivity contribution in [3.05, 3.63) is 46.6 Å². The lowest BCUT2D eigenvalue weighted by atomic mass is 10.1. The van der Waals surface area contributed by atoms with Crippen LogP contribution < -0.4 is 11.1 Å². The van der Waals surface area contributed by atoms with E-state index in [0.29, 0.717) is 5.95 Å². The second kappa shape index (κ2) is 7.84. The van der Waals surface area contributed by atoms with E-state index in [2.05, 4.69) is 22.2 Å². The normalized spacial score (nSPS) is 10.6. The lowest BCUT2D eigenvalue weighted by Gasteiger charge is -2.11. The van der Waals surface area contributed by atoms with Gasteiger partial charge in [-0.3, -0.25) is 0 Å². The highest BCUT2D eigenvalue weighted by atomic mass is 35.5. The van der Waals surface area contributed by atoms with Crippen molar-refractivity contribution in [2.45, 2.75) is 32.6 Å². The number of aryl methyl sites for hydroxylation is 2. The van der Waals surface area contributed by atoms with Crippen molar-refractivity contribution in [3.63, 3.8) is 0 Å². The van der Waals surface area contributed by atoms with Gasteiger partial charge < -0.3 is 11.1 Å². The van der Waals surface area contributed by atoms with Crippen LogP contribution in [0.25, 0.3) is 0 Å². The van der Waals surface area contributed by atoms with Gasteiger partial charge in [-0.05, 0) is 30.9 Å². The van der Waals surface area contributed by atoms with Crippen molar-refractivity contribution < 1.29 is 0 Å². The molecule has 2 aromatic rings. The predicted octanol–water partition coefficient (Wildman–Crippen LogP) is 3.71. The largest absolute Gasteiger partial charge is 0.370 e. The molecule has 5 heteroatoms. The fourth-order valence-electron chi connectivity index (χ4n) is 2.11. The summed E-state index contributed by atoms with van der Waals surface area (Å²) in [5.74, 6) is 1.14. The minimum atomic E-state index is 0.301. The first-order chi connectivity index (χ1) is 10.2. The number of hydrogen-bond donors (Lipinski definition) is 2. The summed E-state index contributed by atoms with van der Waals surface area (Å²) < 4.78 is 0. The molecule has 0 unspecified atom stereocenters. The molecule has 0 amide bonds. The average molecular weight is 305 g/mol. The molecule has 0 aliphatic heterocycles. The summed E-state index contributed by atoms with van der Waals surface area (Å²) in [5.41, 5.74) is 7.88. The molecule has 3 N–H and O–H groups in total. The van der Waals surface area contributed by atoms with E-state index < -0.39 is 0 Å². The molecular weight excluding hydrogens is 284 g/mol. The molecule has 1 aromatic carbocycles. The second-order valence-electron chi connectivity index (χ2n) is 4.97. The Morgan fingerprint density at radius 3 is 2.71 bits per heavy atom. The van der Waals surface area contributed by atoms with Crippen molar-refractivity contribution in [1.82, 2.24) is 9.97 Å². The molecule has 1 heterocycles. The highest BCUT2D eigenvalue weighted by molar-refractivity contribution is 6.31. The van der Waals surface area contributed by atoms with Crippen molar-refractivity contribution >= 4 is 23.4 Å². The van der Waals surface area contributed by atoms with Gasteiger partial charge in [-0.1, -0.05) is 43.1 Å². The Bertz CT molecular complexity index is 586. The molecule has 0 fully saturated rings. The smallest absolute Gasteiger partial charge is 0.221 e. The first-order valence-electron chi connectivity index (χ1n) is 7.29. The fraction of sp³-hybridized carbons (Fsp3) is 0.375. The standard InChI is InChI=1S/C16H21ClN4/c1-2-3-10-19-15-13(11-20-16(18)21-15)9-8-12-6-4-5-7-14(12)17/h4-7,11H,2-3,8-10H2,1H3,(H3,18,19,20,21). The van der Waals surface area contributed by atoms with Crippen LogP contribution in [-0.2, 0) is 12.8 Å². The third kappa shape index (κ3) is 4.60. The van der Waals surface area contributed by atoms with Gasteiger partial charge in [0.05, 0.1) is 0 Å². The van der Waals surface area contributed by atoms with Crippen LogP contribution in [0.5, 0.6) is 0 Å². The summed E-state index contributed by atoms with van der Waals surface area (Å²) in [5, 5.41) is 4.14. The van der Waals surface area contributed by atoms with Crippen LogP contribution in [-0.4, -0.2) is 16.5 Å². The summed E-state index contributed by atoms with van der Waals surface area (Å²) in [7, 11) is 0. The summed E-state index contributed by atoms with van der Waals surface area (Å²) in [6.45, 7) is 3.06. The maximum absolute atomic E-state index is 6.19. The zero-order valence-electron chi connectivity index (χ0n) is 12.3. The zero-order valence-corrected chi connectivity index (χ0v) is 13.0. The number of nitrogens with one attached hydrogen (secondary N) is 1. The first kappa shape index (κ1) is 15.6. The van der Waals surface area contributed by atoms with Crippen LogP contribution in [0.1, 0.15) is 30.9 Å². The van der Waals surface area contributed by atoms with Crippen molar-refractivity contribution in [2.24, 2.45) is 0 Å². The summed E-state index contributed by atoms with van der Waals surface area (Å²) in [4.78, 5) is 8.40. The van der Waals surface area contributed by atoms with Crippen LogP contribution in [0, 0.1) is 0 Å². The fourth-order valence-corrected chi connectivity index (χ4v) is 2.34. The van der Waals surface area contributed by atoms with E-state index in [0.717, 1.165) is 54.2 Å². The average Bonchev–Trinajstić information content (AvgIpc) is 2.48. The van der Waals surface area contributed by atoms with Gasteiger partial charge in [0.1, 0.15) is 5.82 Å². The van der Waals surface area contributed by atoms with Crippen molar-refractivity contribution in [1.29, 1.82) is 0 Å². The van der Waals surface area contributed by atoms with Gasteiger partial charge in [-0.2, -0.15) is 4.98 Å². The van der Waals surface area contributed by atoms with E-state index in [1.54, 1.807) is 6.20 Å². The number of nitrogen functional groups attached to an aromatic ring is 1. The first-order valence-corrected chi connectivity index (χ1v) is 7.67. The molecule has 0 spiro atoms. The lowest BCUT2D eigenvalue weighted by Crippen LogP contribution is -2.09. The molecule has 0 radical (unpaired) electrons. The number of halogens is 1. The van der Waals surface area contributed by atoms with Crippen LogP contribution in [0.15, 0.2) is 30.5 Å². The number of unbranched alkanes of at least 4 members (excludes halogenated alkanes) is 1. The van der Waals surface area contributed by atoms with E-state index in [1.807, 2.05) is 24.3 Å². The third-order valence-corrected chi connectivity index (χ3v) is 3.70. The van der Waals surface area contributed by atoms with Gasteiger partial charge in [0.15, 0.2) is 0 Å². The molecule has 4 nitrogen and oxygen atoms in total. The van der Waals surface area contributed by atoms with E-state index in [1.165, 1.54) is 0 Å². The van der Waals surface area contributed by atoms with Gasteiger partial charge in [0.2, 0.25) is 5.95 Å². The molecular formula is C16H21ClN4. The third-order valence-electron chi connectivity index (χ3n) is 3.33. The van der Waals surface area contributed by atoms with E-state index >= 15 is 0 Å². The lowest BCUT2D eigenvalue weighted by molar-refractivity contribution is 0.825. The summed E-state index contributed by atoms with van der Waals surface area (Å²) >= 11 is 6.19. The van der Waals surface area contributed by atoms with Crippen LogP contribution >= 0.6 is 11.6 Å². The molecule has 0 saturated heterocycles. The summed E-state index contributed by atoms with van der Waals surface area (Å²) in [6, 6.07) is 7.90. The quantitative estimate of drug-likeness (QED) is 0.765. The number of benzene rings is 1. The highest BCUT2D eigenvalue weighted by Gasteiger charge is 2.07. The van der Waals surface area contributed by atoms with Crippen molar-refractivity contribution in [2.75, 3.05) is 17.6 Å². The Morgan fingerprint density at radius 2 is 1.95 bits per heavy atom. The topological polar surface area (TPSA) is 63.8 Å².